The third-order valence-electron chi connectivity index (χ3n) is 3.78. The van der Waals surface area contributed by atoms with E-state index in [1.807, 2.05) is 0 Å². The molecule has 0 radical (unpaired) electrons. The molecule has 4 unspecified atom stereocenters. The summed E-state index contributed by atoms with van der Waals surface area (Å²) in [6.07, 6.45) is 0.0623. The van der Waals surface area contributed by atoms with Crippen LogP contribution in [0, 0.1) is 17.3 Å². The average molecular weight is 270 g/mol. The SMILES string of the molecule is C=CCC1(C(=O)OC)C(=O)CC(C(C)O)C1C(=O)O. The van der Waals surface area contributed by atoms with Gasteiger partial charge in [-0.25, -0.2) is 0 Å². The van der Waals surface area contributed by atoms with Crippen LogP contribution < -0.4 is 0 Å². The molecule has 1 aliphatic rings. The number of aliphatic hydroxyl groups excluding tert-OH is 1. The number of methoxy groups -OCH3 is 1. The number of rotatable bonds is 5. The topological polar surface area (TPSA) is 101 Å². The van der Waals surface area contributed by atoms with Gasteiger partial charge in [-0.1, -0.05) is 6.08 Å². The highest BCUT2D eigenvalue weighted by Crippen LogP contribution is 2.49. The molecular weight excluding hydrogens is 252 g/mol. The number of hydrogen-bond donors (Lipinski definition) is 2. The Kier molecular flexibility index (Phi) is 4.47. The van der Waals surface area contributed by atoms with Gasteiger partial charge in [-0.2, -0.15) is 0 Å². The largest absolute Gasteiger partial charge is 0.481 e. The quantitative estimate of drug-likeness (QED) is 0.426. The minimum atomic E-state index is -1.77. The second kappa shape index (κ2) is 5.52. The molecule has 0 aromatic carbocycles. The van der Waals surface area contributed by atoms with E-state index in [1.165, 1.54) is 13.0 Å². The molecule has 19 heavy (non-hydrogen) atoms. The number of carbonyl (C=O) groups excluding carboxylic acids is 2. The number of esters is 1. The molecule has 1 rings (SSSR count). The van der Waals surface area contributed by atoms with Crippen LogP contribution in [0.15, 0.2) is 12.7 Å². The van der Waals surface area contributed by atoms with E-state index in [1.54, 1.807) is 0 Å². The van der Waals surface area contributed by atoms with Crippen molar-refractivity contribution < 1.29 is 29.3 Å². The van der Waals surface area contributed by atoms with E-state index < -0.39 is 41.1 Å². The number of aliphatic carboxylic acids is 1. The summed E-state index contributed by atoms with van der Waals surface area (Å²) in [5, 5.41) is 19.0. The standard InChI is InChI=1S/C13H18O6/c1-4-5-13(12(18)19-3)9(15)6-8(7(2)14)10(13)11(16)17/h4,7-8,10,14H,1,5-6H2,2-3H3,(H,16,17). The second-order valence-electron chi connectivity index (χ2n) is 4.80. The maximum absolute atomic E-state index is 12.2. The van der Waals surface area contributed by atoms with Crippen molar-refractivity contribution in [2.75, 3.05) is 7.11 Å². The Morgan fingerprint density at radius 1 is 1.63 bits per heavy atom. The summed E-state index contributed by atoms with van der Waals surface area (Å²) in [5.41, 5.74) is -1.77. The van der Waals surface area contributed by atoms with Gasteiger partial charge < -0.3 is 14.9 Å². The summed E-state index contributed by atoms with van der Waals surface area (Å²) in [5.74, 6) is -4.79. The van der Waals surface area contributed by atoms with Gasteiger partial charge >= 0.3 is 11.9 Å². The zero-order valence-corrected chi connectivity index (χ0v) is 11.0. The number of ketones is 1. The van der Waals surface area contributed by atoms with Crippen molar-refractivity contribution in [1.82, 2.24) is 0 Å². The molecule has 6 heteroatoms. The first kappa shape index (κ1) is 15.4. The van der Waals surface area contributed by atoms with Gasteiger partial charge in [0.2, 0.25) is 0 Å². The summed E-state index contributed by atoms with van der Waals surface area (Å²) >= 11 is 0. The highest BCUT2D eigenvalue weighted by molar-refractivity contribution is 6.09. The normalized spacial score (nSPS) is 31.8. The Hall–Kier alpha value is -1.69. The maximum atomic E-state index is 12.2. The first-order valence-electron chi connectivity index (χ1n) is 5.96. The highest BCUT2D eigenvalue weighted by atomic mass is 16.5. The van der Waals surface area contributed by atoms with Crippen LogP contribution in [0.4, 0.5) is 0 Å². The lowest BCUT2D eigenvalue weighted by atomic mass is 9.71. The number of hydrogen-bond acceptors (Lipinski definition) is 5. The Morgan fingerprint density at radius 2 is 2.21 bits per heavy atom. The lowest BCUT2D eigenvalue weighted by Crippen LogP contribution is -2.46. The molecule has 1 fully saturated rings. The van der Waals surface area contributed by atoms with E-state index in [0.717, 1.165) is 7.11 Å². The third kappa shape index (κ3) is 2.28. The summed E-state index contributed by atoms with van der Waals surface area (Å²) in [6, 6.07) is 0. The van der Waals surface area contributed by atoms with Crippen molar-refractivity contribution in [1.29, 1.82) is 0 Å². The van der Waals surface area contributed by atoms with Gasteiger partial charge in [0.15, 0.2) is 5.78 Å². The zero-order chi connectivity index (χ0) is 14.8. The molecule has 0 aromatic heterocycles. The van der Waals surface area contributed by atoms with Crippen molar-refractivity contribution >= 4 is 17.7 Å². The van der Waals surface area contributed by atoms with Crippen molar-refractivity contribution in [3.8, 4) is 0 Å². The lowest BCUT2D eigenvalue weighted by Gasteiger charge is -2.30. The average Bonchev–Trinajstić information content (AvgIpc) is 2.63. The highest BCUT2D eigenvalue weighted by Gasteiger charge is 2.63. The van der Waals surface area contributed by atoms with Crippen LogP contribution in [0.3, 0.4) is 0 Å². The summed E-state index contributed by atoms with van der Waals surface area (Å²) < 4.78 is 4.62. The molecule has 4 atom stereocenters. The molecule has 1 aliphatic carbocycles. The molecular formula is C13H18O6. The molecule has 6 nitrogen and oxygen atoms in total. The summed E-state index contributed by atoms with van der Waals surface area (Å²) in [6.45, 7) is 4.88. The number of allylic oxidation sites excluding steroid dienone is 1. The first-order valence-corrected chi connectivity index (χ1v) is 5.96. The molecule has 0 aliphatic heterocycles. The zero-order valence-electron chi connectivity index (χ0n) is 11.0. The number of ether oxygens (including phenoxy) is 1. The fourth-order valence-corrected chi connectivity index (χ4v) is 2.87. The molecule has 0 aromatic rings. The molecule has 0 amide bonds. The predicted molar refractivity (Wildman–Crippen MR) is 65.2 cm³/mol. The number of carboxylic acid groups (broad SMARTS) is 1. The molecule has 1 saturated carbocycles. The molecule has 0 bridgehead atoms. The Balaban J connectivity index is 3.39. The number of carboxylic acids is 1. The van der Waals surface area contributed by atoms with E-state index in [-0.39, 0.29) is 12.8 Å². The van der Waals surface area contributed by atoms with Gasteiger partial charge in [-0.3, -0.25) is 14.4 Å². The molecule has 2 N–H and O–H groups in total. The van der Waals surface area contributed by atoms with E-state index in [2.05, 4.69) is 11.3 Å². The van der Waals surface area contributed by atoms with Crippen molar-refractivity contribution in [2.24, 2.45) is 17.3 Å². The van der Waals surface area contributed by atoms with Crippen molar-refractivity contribution in [3.05, 3.63) is 12.7 Å². The van der Waals surface area contributed by atoms with E-state index in [9.17, 15) is 24.6 Å². The van der Waals surface area contributed by atoms with Gasteiger partial charge in [0.1, 0.15) is 5.41 Å². The van der Waals surface area contributed by atoms with Crippen molar-refractivity contribution in [2.45, 2.75) is 25.9 Å². The van der Waals surface area contributed by atoms with E-state index >= 15 is 0 Å². The first-order chi connectivity index (χ1) is 8.82. The van der Waals surface area contributed by atoms with Gasteiger partial charge in [-0.15, -0.1) is 6.58 Å². The van der Waals surface area contributed by atoms with Crippen LogP contribution in [-0.2, 0) is 19.1 Å². The maximum Gasteiger partial charge on any atom is 0.320 e. The summed E-state index contributed by atoms with van der Waals surface area (Å²) in [7, 11) is 1.11. The smallest absolute Gasteiger partial charge is 0.320 e. The molecule has 106 valence electrons. The fraction of sp³-hybridized carbons (Fsp3) is 0.615. The van der Waals surface area contributed by atoms with Crippen LogP contribution in [0.5, 0.6) is 0 Å². The van der Waals surface area contributed by atoms with Crippen LogP contribution in [0.2, 0.25) is 0 Å². The number of Topliss-reactive ketones (excluding diaryl/α,β-unsaturated/α-hetero) is 1. The third-order valence-corrected chi connectivity index (χ3v) is 3.78. The number of carbonyl (C=O) groups is 3. The van der Waals surface area contributed by atoms with Gasteiger partial charge in [-0.05, 0) is 13.3 Å². The monoisotopic (exact) mass is 270 g/mol. The Bertz CT molecular complexity index is 413. The van der Waals surface area contributed by atoms with Crippen LogP contribution in [0.25, 0.3) is 0 Å². The molecule has 0 heterocycles. The summed E-state index contributed by atoms with van der Waals surface area (Å²) in [4.78, 5) is 35.6. The lowest BCUT2D eigenvalue weighted by molar-refractivity contribution is -0.168. The number of aliphatic hydroxyl groups is 1. The Morgan fingerprint density at radius 3 is 2.58 bits per heavy atom. The van der Waals surface area contributed by atoms with Crippen LogP contribution in [0.1, 0.15) is 19.8 Å². The molecule has 0 spiro atoms. The minimum Gasteiger partial charge on any atom is -0.481 e. The van der Waals surface area contributed by atoms with Gasteiger partial charge in [0.05, 0.1) is 19.1 Å². The Labute approximate surface area is 111 Å². The van der Waals surface area contributed by atoms with Crippen LogP contribution >= 0.6 is 0 Å². The van der Waals surface area contributed by atoms with Crippen LogP contribution in [-0.4, -0.2) is 41.1 Å². The molecule has 0 saturated heterocycles. The van der Waals surface area contributed by atoms with E-state index in [4.69, 9.17) is 0 Å². The second-order valence-corrected chi connectivity index (χ2v) is 4.80. The van der Waals surface area contributed by atoms with Gasteiger partial charge in [0.25, 0.3) is 0 Å². The van der Waals surface area contributed by atoms with E-state index in [0.29, 0.717) is 0 Å². The predicted octanol–water partition coefficient (Wildman–Crippen LogP) is 0.393. The van der Waals surface area contributed by atoms with Crippen molar-refractivity contribution in [3.63, 3.8) is 0 Å². The van der Waals surface area contributed by atoms with Gasteiger partial charge in [0, 0.05) is 12.3 Å². The minimum absolute atomic E-state index is 0.112. The fourth-order valence-electron chi connectivity index (χ4n) is 2.87.